The summed E-state index contributed by atoms with van der Waals surface area (Å²) < 4.78 is 0. The van der Waals surface area contributed by atoms with Crippen LogP contribution in [0.5, 0.6) is 0 Å². The number of carboxylic acid groups (broad SMARTS) is 1. The molecule has 1 aromatic heterocycles. The fraction of sp³-hybridized carbons (Fsp3) is 0. The molecular formula is C7H9N5O2. The van der Waals surface area contributed by atoms with Crippen molar-refractivity contribution in [3.05, 3.63) is 23.5 Å². The highest BCUT2D eigenvalue weighted by atomic mass is 16.4. The second kappa shape index (κ2) is 4.08. The van der Waals surface area contributed by atoms with Gasteiger partial charge in [-0.2, -0.15) is 5.10 Å². The molecule has 0 radical (unpaired) electrons. The van der Waals surface area contributed by atoms with Crippen LogP contribution in [0.1, 0.15) is 16.2 Å². The fourth-order valence-corrected chi connectivity index (χ4v) is 0.770. The highest BCUT2D eigenvalue weighted by molar-refractivity contribution is 5.88. The second-order valence-electron chi connectivity index (χ2n) is 2.40. The van der Waals surface area contributed by atoms with Gasteiger partial charge in [-0.1, -0.05) is 0 Å². The lowest BCUT2D eigenvalue weighted by atomic mass is 10.4. The number of carbonyl (C=O) groups is 1. The van der Waals surface area contributed by atoms with Gasteiger partial charge in [-0.15, -0.1) is 5.10 Å². The van der Waals surface area contributed by atoms with Crippen molar-refractivity contribution in [3.8, 4) is 0 Å². The monoisotopic (exact) mass is 195 g/mol. The number of rotatable bonds is 3. The number of nitrogens with zero attached hydrogens (tertiary/aromatic N) is 2. The van der Waals surface area contributed by atoms with E-state index in [4.69, 9.17) is 16.6 Å². The minimum absolute atomic E-state index is 0.0798. The molecule has 0 spiro atoms. The average Bonchev–Trinajstić information content (AvgIpc) is 2.52. The highest BCUT2D eigenvalue weighted by Crippen LogP contribution is 1.99. The zero-order chi connectivity index (χ0) is 10.6. The molecule has 0 aromatic carbocycles. The predicted molar refractivity (Wildman–Crippen MR) is 51.2 cm³/mol. The predicted octanol–water partition coefficient (Wildman–Crippen LogP) is -0.680. The van der Waals surface area contributed by atoms with E-state index >= 15 is 0 Å². The van der Waals surface area contributed by atoms with Gasteiger partial charge in [0, 0.05) is 0 Å². The normalized spacial score (nSPS) is 10.3. The lowest BCUT2D eigenvalue weighted by Crippen LogP contribution is -2.21. The van der Waals surface area contributed by atoms with Crippen molar-refractivity contribution in [1.82, 2.24) is 4.98 Å². The third-order valence-corrected chi connectivity index (χ3v) is 1.31. The first kappa shape index (κ1) is 9.78. The average molecular weight is 195 g/mol. The van der Waals surface area contributed by atoms with E-state index in [2.05, 4.69) is 15.2 Å². The molecular weight excluding hydrogens is 186 g/mol. The molecule has 0 bridgehead atoms. The summed E-state index contributed by atoms with van der Waals surface area (Å²) in [5.41, 5.74) is 10.6. The summed E-state index contributed by atoms with van der Waals surface area (Å²) in [6.07, 6.45) is 1.31. The van der Waals surface area contributed by atoms with Crippen molar-refractivity contribution in [3.63, 3.8) is 0 Å². The second-order valence-corrected chi connectivity index (χ2v) is 2.40. The van der Waals surface area contributed by atoms with E-state index in [-0.39, 0.29) is 11.7 Å². The SMILES string of the molecule is NC(N)=N/N=C/c1ccc(C(=O)O)[nH]1. The summed E-state index contributed by atoms with van der Waals surface area (Å²) in [7, 11) is 0. The van der Waals surface area contributed by atoms with Crippen LogP contribution in [0.25, 0.3) is 0 Å². The van der Waals surface area contributed by atoms with E-state index in [1.165, 1.54) is 12.3 Å². The van der Waals surface area contributed by atoms with Crippen molar-refractivity contribution in [1.29, 1.82) is 0 Å². The number of hydrogen-bond donors (Lipinski definition) is 4. The molecule has 1 rings (SSSR count). The molecule has 7 heteroatoms. The standard InChI is InChI=1S/C7H9N5O2/c8-7(9)12-10-3-4-1-2-5(11-4)6(13)14/h1-3,11H,(H,13,14)(H4,8,9,12)/b10-3+. The van der Waals surface area contributed by atoms with Gasteiger partial charge in [-0.05, 0) is 12.1 Å². The van der Waals surface area contributed by atoms with Crippen LogP contribution >= 0.6 is 0 Å². The third-order valence-electron chi connectivity index (χ3n) is 1.31. The summed E-state index contributed by atoms with van der Waals surface area (Å²) in [6, 6.07) is 2.97. The molecule has 0 unspecified atom stereocenters. The molecule has 0 fully saturated rings. The van der Waals surface area contributed by atoms with Gasteiger partial charge in [0.15, 0.2) is 0 Å². The van der Waals surface area contributed by atoms with Gasteiger partial charge < -0.3 is 21.6 Å². The summed E-state index contributed by atoms with van der Waals surface area (Å²) in [5, 5.41) is 15.4. The number of carboxylic acids is 1. The van der Waals surface area contributed by atoms with Gasteiger partial charge in [0.05, 0.1) is 11.9 Å². The Morgan fingerprint density at radius 3 is 2.71 bits per heavy atom. The molecule has 0 aliphatic rings. The molecule has 74 valence electrons. The fourth-order valence-electron chi connectivity index (χ4n) is 0.770. The van der Waals surface area contributed by atoms with Crippen molar-refractivity contribution >= 4 is 18.1 Å². The zero-order valence-corrected chi connectivity index (χ0v) is 7.14. The molecule has 14 heavy (non-hydrogen) atoms. The molecule has 1 aromatic rings. The van der Waals surface area contributed by atoms with Gasteiger partial charge in [0.25, 0.3) is 0 Å². The van der Waals surface area contributed by atoms with E-state index in [9.17, 15) is 4.79 Å². The summed E-state index contributed by atoms with van der Waals surface area (Å²) in [6.45, 7) is 0. The van der Waals surface area contributed by atoms with Crippen LogP contribution in [0.2, 0.25) is 0 Å². The Labute approximate surface area is 79.1 Å². The molecule has 1 heterocycles. The van der Waals surface area contributed by atoms with Crippen LogP contribution in [0, 0.1) is 0 Å². The number of aromatic amines is 1. The molecule has 7 nitrogen and oxygen atoms in total. The van der Waals surface area contributed by atoms with E-state index in [0.29, 0.717) is 5.69 Å². The molecule has 6 N–H and O–H groups in total. The largest absolute Gasteiger partial charge is 0.477 e. The minimum Gasteiger partial charge on any atom is -0.477 e. The first-order valence-corrected chi connectivity index (χ1v) is 3.64. The Balaban J connectivity index is 2.74. The Bertz CT molecular complexity index is 389. The zero-order valence-electron chi connectivity index (χ0n) is 7.14. The number of H-pyrrole nitrogens is 1. The van der Waals surface area contributed by atoms with Crippen LogP contribution in [-0.4, -0.2) is 28.2 Å². The molecule has 0 saturated heterocycles. The van der Waals surface area contributed by atoms with Crippen molar-refractivity contribution in [2.75, 3.05) is 0 Å². The van der Waals surface area contributed by atoms with Gasteiger partial charge in [-0.3, -0.25) is 0 Å². The Morgan fingerprint density at radius 1 is 1.50 bits per heavy atom. The highest BCUT2D eigenvalue weighted by Gasteiger charge is 2.03. The van der Waals surface area contributed by atoms with Crippen molar-refractivity contribution < 1.29 is 9.90 Å². The number of nitrogens with one attached hydrogen (secondary N) is 1. The molecule has 0 amide bonds. The maximum absolute atomic E-state index is 10.5. The number of guanidine groups is 1. The Morgan fingerprint density at radius 2 is 2.21 bits per heavy atom. The first-order chi connectivity index (χ1) is 6.59. The maximum Gasteiger partial charge on any atom is 0.352 e. The molecule has 0 atom stereocenters. The van der Waals surface area contributed by atoms with Crippen LogP contribution in [0.4, 0.5) is 0 Å². The summed E-state index contributed by atoms with van der Waals surface area (Å²) in [5.74, 6) is -1.20. The van der Waals surface area contributed by atoms with Crippen molar-refractivity contribution in [2.45, 2.75) is 0 Å². The van der Waals surface area contributed by atoms with Gasteiger partial charge >= 0.3 is 5.97 Å². The topological polar surface area (TPSA) is 130 Å². The summed E-state index contributed by atoms with van der Waals surface area (Å²) in [4.78, 5) is 13.0. The third kappa shape index (κ3) is 2.63. The lowest BCUT2D eigenvalue weighted by Gasteiger charge is -1.86. The van der Waals surface area contributed by atoms with Gasteiger partial charge in [0.2, 0.25) is 5.96 Å². The van der Waals surface area contributed by atoms with E-state index in [1.54, 1.807) is 6.07 Å². The van der Waals surface area contributed by atoms with Gasteiger partial charge in [-0.25, -0.2) is 4.79 Å². The van der Waals surface area contributed by atoms with Crippen LogP contribution in [0.15, 0.2) is 22.3 Å². The smallest absolute Gasteiger partial charge is 0.352 e. The van der Waals surface area contributed by atoms with Crippen LogP contribution in [0.3, 0.4) is 0 Å². The maximum atomic E-state index is 10.5. The van der Waals surface area contributed by atoms with E-state index < -0.39 is 5.97 Å². The number of nitrogens with two attached hydrogens (primary N) is 2. The Hall–Kier alpha value is -2.31. The Kier molecular flexibility index (Phi) is 2.85. The van der Waals surface area contributed by atoms with Gasteiger partial charge in [0.1, 0.15) is 5.69 Å². The molecule has 0 aliphatic heterocycles. The van der Waals surface area contributed by atoms with Crippen LogP contribution < -0.4 is 11.5 Å². The van der Waals surface area contributed by atoms with Crippen molar-refractivity contribution in [2.24, 2.45) is 21.7 Å². The summed E-state index contributed by atoms with van der Waals surface area (Å²) >= 11 is 0. The lowest BCUT2D eigenvalue weighted by molar-refractivity contribution is 0.0691. The number of aromatic carboxylic acids is 1. The van der Waals surface area contributed by atoms with E-state index in [0.717, 1.165) is 0 Å². The number of aromatic nitrogens is 1. The molecule has 0 saturated carbocycles. The quantitative estimate of drug-likeness (QED) is 0.289. The van der Waals surface area contributed by atoms with E-state index in [1.807, 2.05) is 0 Å². The minimum atomic E-state index is -1.04. The number of hydrogen-bond acceptors (Lipinski definition) is 3. The first-order valence-electron chi connectivity index (χ1n) is 3.64. The molecule has 0 aliphatic carbocycles. The van der Waals surface area contributed by atoms with Crippen LogP contribution in [-0.2, 0) is 0 Å².